The Bertz CT molecular complexity index is 411. The minimum absolute atomic E-state index is 0.102. The van der Waals surface area contributed by atoms with E-state index in [9.17, 15) is 18.3 Å². The zero-order chi connectivity index (χ0) is 12.4. The van der Waals surface area contributed by atoms with Gasteiger partial charge in [0.05, 0.1) is 17.8 Å². The molecule has 0 aromatic heterocycles. The van der Waals surface area contributed by atoms with Crippen molar-refractivity contribution in [2.45, 2.75) is 37.8 Å². The van der Waals surface area contributed by atoms with Gasteiger partial charge in [-0.2, -0.15) is 0 Å². The predicted octanol–water partition coefficient (Wildman–Crippen LogP) is 2.82. The number of anilines is 1. The lowest BCUT2D eigenvalue weighted by molar-refractivity contribution is 0.116. The van der Waals surface area contributed by atoms with Crippen molar-refractivity contribution >= 4 is 5.69 Å². The molecule has 2 nitrogen and oxygen atoms in total. The molecular formula is C12H14F3NO. The molecule has 5 heteroatoms. The Kier molecular flexibility index (Phi) is 3.57. The fraction of sp³-hybridized carbons (Fsp3) is 0.500. The highest BCUT2D eigenvalue weighted by atomic mass is 19.2. The molecule has 1 aliphatic rings. The Morgan fingerprint density at radius 2 is 1.65 bits per heavy atom. The molecule has 94 valence electrons. The van der Waals surface area contributed by atoms with Crippen molar-refractivity contribution in [3.63, 3.8) is 0 Å². The monoisotopic (exact) mass is 245 g/mol. The summed E-state index contributed by atoms with van der Waals surface area (Å²) in [5.41, 5.74) is -0.102. The molecule has 2 rings (SSSR count). The number of aliphatic hydroxyl groups is 1. The number of nitrogens with one attached hydrogen (secondary N) is 1. The van der Waals surface area contributed by atoms with E-state index in [1.165, 1.54) is 0 Å². The molecule has 0 radical (unpaired) electrons. The Balaban J connectivity index is 2.15. The van der Waals surface area contributed by atoms with Crippen molar-refractivity contribution in [1.29, 1.82) is 0 Å². The van der Waals surface area contributed by atoms with E-state index in [1.54, 1.807) is 0 Å². The summed E-state index contributed by atoms with van der Waals surface area (Å²) in [7, 11) is 0. The van der Waals surface area contributed by atoms with E-state index in [2.05, 4.69) is 5.32 Å². The lowest BCUT2D eigenvalue weighted by Crippen LogP contribution is -2.36. The maximum Gasteiger partial charge on any atom is 0.161 e. The molecule has 0 bridgehead atoms. The highest BCUT2D eigenvalue weighted by Crippen LogP contribution is 2.25. The lowest BCUT2D eigenvalue weighted by Gasteiger charge is -2.29. The maximum absolute atomic E-state index is 13.4. The standard InChI is InChI=1S/C12H14F3NO/c13-7-5-9(15)11(6-8(7)14)16-10-3-1-2-4-12(10)17/h5-6,10,12,16-17H,1-4H2/t10-,12-/m0/s1. The van der Waals surface area contributed by atoms with Crippen LogP contribution in [0, 0.1) is 17.5 Å². The van der Waals surface area contributed by atoms with Gasteiger partial charge < -0.3 is 10.4 Å². The summed E-state index contributed by atoms with van der Waals surface area (Å²) in [5.74, 6) is -3.15. The van der Waals surface area contributed by atoms with E-state index in [-0.39, 0.29) is 11.7 Å². The summed E-state index contributed by atoms with van der Waals surface area (Å²) in [5, 5.41) is 12.4. The molecule has 0 aliphatic heterocycles. The fourth-order valence-corrected chi connectivity index (χ4v) is 2.11. The van der Waals surface area contributed by atoms with Gasteiger partial charge in [-0.05, 0) is 12.8 Å². The zero-order valence-corrected chi connectivity index (χ0v) is 9.22. The van der Waals surface area contributed by atoms with E-state index in [4.69, 9.17) is 0 Å². The highest BCUT2D eigenvalue weighted by Gasteiger charge is 2.24. The van der Waals surface area contributed by atoms with Crippen molar-refractivity contribution in [1.82, 2.24) is 0 Å². The first-order chi connectivity index (χ1) is 8.08. The van der Waals surface area contributed by atoms with E-state index in [1.807, 2.05) is 0 Å². The maximum atomic E-state index is 13.4. The second-order valence-electron chi connectivity index (χ2n) is 4.35. The van der Waals surface area contributed by atoms with Gasteiger partial charge >= 0.3 is 0 Å². The average Bonchev–Trinajstić information content (AvgIpc) is 2.29. The molecule has 17 heavy (non-hydrogen) atoms. The Morgan fingerprint density at radius 1 is 1.00 bits per heavy atom. The molecule has 2 atom stereocenters. The summed E-state index contributed by atoms with van der Waals surface area (Å²) in [4.78, 5) is 0. The van der Waals surface area contributed by atoms with Crippen LogP contribution in [-0.2, 0) is 0 Å². The largest absolute Gasteiger partial charge is 0.391 e. The van der Waals surface area contributed by atoms with Gasteiger partial charge in [0.25, 0.3) is 0 Å². The van der Waals surface area contributed by atoms with E-state index in [0.717, 1.165) is 18.9 Å². The van der Waals surface area contributed by atoms with Crippen LogP contribution < -0.4 is 5.32 Å². The Hall–Kier alpha value is -1.23. The number of hydrogen-bond donors (Lipinski definition) is 2. The second-order valence-corrected chi connectivity index (χ2v) is 4.35. The van der Waals surface area contributed by atoms with Gasteiger partial charge in [-0.3, -0.25) is 0 Å². The summed E-state index contributed by atoms with van der Waals surface area (Å²) in [6.07, 6.45) is 2.62. The smallest absolute Gasteiger partial charge is 0.161 e. The summed E-state index contributed by atoms with van der Waals surface area (Å²) >= 11 is 0. The van der Waals surface area contributed by atoms with Gasteiger partial charge in [-0.15, -0.1) is 0 Å². The molecule has 2 N–H and O–H groups in total. The van der Waals surface area contributed by atoms with Crippen LogP contribution in [0.2, 0.25) is 0 Å². The van der Waals surface area contributed by atoms with Crippen molar-refractivity contribution < 1.29 is 18.3 Å². The first-order valence-corrected chi connectivity index (χ1v) is 5.67. The van der Waals surface area contributed by atoms with Crippen molar-refractivity contribution in [2.75, 3.05) is 5.32 Å². The normalized spacial score (nSPS) is 24.7. The van der Waals surface area contributed by atoms with Gasteiger partial charge in [0.2, 0.25) is 0 Å². The van der Waals surface area contributed by atoms with Crippen molar-refractivity contribution in [2.24, 2.45) is 0 Å². The molecule has 0 saturated heterocycles. The van der Waals surface area contributed by atoms with Crippen LogP contribution in [0.25, 0.3) is 0 Å². The lowest BCUT2D eigenvalue weighted by atomic mass is 9.92. The van der Waals surface area contributed by atoms with Crippen LogP contribution in [0.4, 0.5) is 18.9 Å². The second kappa shape index (κ2) is 4.96. The van der Waals surface area contributed by atoms with Gasteiger partial charge in [-0.25, -0.2) is 13.2 Å². The SMILES string of the molecule is O[C@H]1CCCC[C@@H]1Nc1cc(F)c(F)cc1F. The van der Waals surface area contributed by atoms with Gasteiger partial charge in [-0.1, -0.05) is 12.8 Å². The van der Waals surface area contributed by atoms with Crippen LogP contribution in [0.5, 0.6) is 0 Å². The van der Waals surface area contributed by atoms with Gasteiger partial charge in [0.15, 0.2) is 11.6 Å². The molecule has 1 aromatic carbocycles. The third-order valence-corrected chi connectivity index (χ3v) is 3.08. The van der Waals surface area contributed by atoms with Crippen LogP contribution in [0.3, 0.4) is 0 Å². The minimum atomic E-state index is -1.21. The molecule has 0 unspecified atom stereocenters. The van der Waals surface area contributed by atoms with Gasteiger partial charge in [0, 0.05) is 12.1 Å². The average molecular weight is 245 g/mol. The third kappa shape index (κ3) is 2.72. The quantitative estimate of drug-likeness (QED) is 0.785. The molecule has 1 saturated carbocycles. The first kappa shape index (κ1) is 12.2. The summed E-state index contributed by atoms with van der Waals surface area (Å²) in [6.45, 7) is 0. The minimum Gasteiger partial charge on any atom is -0.391 e. The molecule has 0 amide bonds. The van der Waals surface area contributed by atoms with Crippen molar-refractivity contribution in [3.05, 3.63) is 29.6 Å². The molecule has 0 spiro atoms. The highest BCUT2D eigenvalue weighted by molar-refractivity contribution is 5.46. The fourth-order valence-electron chi connectivity index (χ4n) is 2.11. The Labute approximate surface area is 97.5 Å². The van der Waals surface area contributed by atoms with Crippen LogP contribution in [0.15, 0.2) is 12.1 Å². The van der Waals surface area contributed by atoms with E-state index >= 15 is 0 Å². The molecule has 1 fully saturated rings. The van der Waals surface area contributed by atoms with E-state index < -0.39 is 23.6 Å². The number of benzene rings is 1. The predicted molar refractivity (Wildman–Crippen MR) is 58.2 cm³/mol. The van der Waals surface area contributed by atoms with Crippen LogP contribution in [-0.4, -0.2) is 17.3 Å². The number of aliphatic hydroxyl groups excluding tert-OH is 1. The van der Waals surface area contributed by atoms with E-state index in [0.29, 0.717) is 18.9 Å². The molecule has 1 aromatic rings. The van der Waals surface area contributed by atoms with Gasteiger partial charge in [0.1, 0.15) is 5.82 Å². The number of hydrogen-bond acceptors (Lipinski definition) is 2. The van der Waals surface area contributed by atoms with Crippen LogP contribution >= 0.6 is 0 Å². The Morgan fingerprint density at radius 3 is 2.35 bits per heavy atom. The topological polar surface area (TPSA) is 32.3 Å². The summed E-state index contributed by atoms with van der Waals surface area (Å²) < 4.78 is 39.1. The number of halogens is 3. The first-order valence-electron chi connectivity index (χ1n) is 5.67. The molecule has 1 aliphatic carbocycles. The van der Waals surface area contributed by atoms with Crippen molar-refractivity contribution in [3.8, 4) is 0 Å². The summed E-state index contributed by atoms with van der Waals surface area (Å²) in [6, 6.07) is 0.988. The molecular weight excluding hydrogens is 231 g/mol. The van der Waals surface area contributed by atoms with Crippen LogP contribution in [0.1, 0.15) is 25.7 Å². The zero-order valence-electron chi connectivity index (χ0n) is 9.22. The third-order valence-electron chi connectivity index (χ3n) is 3.08. The number of rotatable bonds is 2. The molecule has 0 heterocycles.